The van der Waals surface area contributed by atoms with Crippen LogP contribution in [0.3, 0.4) is 0 Å². The molecular weight excluding hydrogens is 186 g/mol. The van der Waals surface area contributed by atoms with E-state index in [1.54, 1.807) is 0 Å². The Hall–Kier alpha value is -1.38. The standard InChI is InChI=1S/C12H19N3/c1-9-6-5-7-10(15-9)8-14-11(13)12(2,3)4/h5-7H,8H2,1-4H3,(H2,13,14). The molecule has 0 spiro atoms. The van der Waals surface area contributed by atoms with Crippen LogP contribution >= 0.6 is 0 Å². The van der Waals surface area contributed by atoms with Crippen LogP contribution in [-0.4, -0.2) is 10.8 Å². The number of hydrogen-bond acceptors (Lipinski definition) is 2. The number of hydrogen-bond donors (Lipinski definition) is 1. The van der Waals surface area contributed by atoms with Crippen LogP contribution in [0.2, 0.25) is 0 Å². The largest absolute Gasteiger partial charge is 0.387 e. The second-order valence-electron chi connectivity index (χ2n) is 4.72. The van der Waals surface area contributed by atoms with Crippen molar-refractivity contribution in [2.45, 2.75) is 34.2 Å². The Morgan fingerprint density at radius 1 is 1.40 bits per heavy atom. The van der Waals surface area contributed by atoms with Crippen molar-refractivity contribution in [2.24, 2.45) is 16.1 Å². The molecule has 3 nitrogen and oxygen atoms in total. The van der Waals surface area contributed by atoms with Crippen LogP contribution in [0.15, 0.2) is 23.2 Å². The van der Waals surface area contributed by atoms with Gasteiger partial charge in [-0.05, 0) is 19.1 Å². The van der Waals surface area contributed by atoms with Crippen LogP contribution in [-0.2, 0) is 6.54 Å². The highest BCUT2D eigenvalue weighted by Gasteiger charge is 2.14. The van der Waals surface area contributed by atoms with Crippen molar-refractivity contribution < 1.29 is 0 Å². The minimum atomic E-state index is -0.0656. The molecule has 0 atom stereocenters. The molecule has 0 saturated heterocycles. The normalized spacial score (nSPS) is 12.9. The topological polar surface area (TPSA) is 51.3 Å². The van der Waals surface area contributed by atoms with Crippen molar-refractivity contribution >= 4 is 5.84 Å². The molecule has 0 unspecified atom stereocenters. The van der Waals surface area contributed by atoms with E-state index in [0.29, 0.717) is 12.4 Å². The first-order valence-electron chi connectivity index (χ1n) is 5.12. The molecule has 0 saturated carbocycles. The highest BCUT2D eigenvalue weighted by Crippen LogP contribution is 2.13. The number of nitrogens with zero attached hydrogens (tertiary/aromatic N) is 2. The number of pyridine rings is 1. The fourth-order valence-electron chi connectivity index (χ4n) is 1.09. The van der Waals surface area contributed by atoms with E-state index in [2.05, 4.69) is 30.7 Å². The van der Waals surface area contributed by atoms with Crippen molar-refractivity contribution in [1.29, 1.82) is 0 Å². The number of aryl methyl sites for hydroxylation is 1. The second-order valence-corrected chi connectivity index (χ2v) is 4.72. The molecule has 1 aromatic rings. The Morgan fingerprint density at radius 3 is 2.60 bits per heavy atom. The molecule has 0 aliphatic rings. The van der Waals surface area contributed by atoms with Crippen LogP contribution in [0, 0.1) is 12.3 Å². The van der Waals surface area contributed by atoms with Gasteiger partial charge in [-0.3, -0.25) is 9.98 Å². The van der Waals surface area contributed by atoms with Gasteiger partial charge in [0.25, 0.3) is 0 Å². The zero-order valence-electron chi connectivity index (χ0n) is 9.91. The van der Waals surface area contributed by atoms with Gasteiger partial charge in [0.15, 0.2) is 0 Å². The number of nitrogens with two attached hydrogens (primary N) is 1. The third kappa shape index (κ3) is 3.70. The molecule has 82 valence electrons. The molecule has 0 radical (unpaired) electrons. The molecule has 1 aromatic heterocycles. The number of rotatable bonds is 2. The fourth-order valence-corrected chi connectivity index (χ4v) is 1.09. The summed E-state index contributed by atoms with van der Waals surface area (Å²) in [4.78, 5) is 8.70. The summed E-state index contributed by atoms with van der Waals surface area (Å²) in [6.07, 6.45) is 0. The van der Waals surface area contributed by atoms with E-state index in [-0.39, 0.29) is 5.41 Å². The summed E-state index contributed by atoms with van der Waals surface area (Å²) in [5, 5.41) is 0. The first-order chi connectivity index (χ1) is 6.89. The Balaban J connectivity index is 2.72. The van der Waals surface area contributed by atoms with Gasteiger partial charge in [-0.1, -0.05) is 26.8 Å². The second kappa shape index (κ2) is 4.43. The van der Waals surface area contributed by atoms with Crippen LogP contribution in [0.25, 0.3) is 0 Å². The molecule has 15 heavy (non-hydrogen) atoms. The van der Waals surface area contributed by atoms with Crippen LogP contribution in [0.1, 0.15) is 32.2 Å². The van der Waals surface area contributed by atoms with Gasteiger partial charge in [0.2, 0.25) is 0 Å². The minimum absolute atomic E-state index is 0.0656. The van der Waals surface area contributed by atoms with Crippen molar-refractivity contribution in [3.63, 3.8) is 0 Å². The van der Waals surface area contributed by atoms with Gasteiger partial charge in [0.05, 0.1) is 18.1 Å². The lowest BCUT2D eigenvalue weighted by molar-refractivity contribution is 0.581. The van der Waals surface area contributed by atoms with Crippen LogP contribution < -0.4 is 5.73 Å². The summed E-state index contributed by atoms with van der Waals surface area (Å²) >= 11 is 0. The lowest BCUT2D eigenvalue weighted by atomic mass is 9.95. The number of amidine groups is 1. The predicted molar refractivity (Wildman–Crippen MR) is 63.8 cm³/mol. The third-order valence-corrected chi connectivity index (χ3v) is 2.13. The lowest BCUT2D eigenvalue weighted by Crippen LogP contribution is -2.29. The summed E-state index contributed by atoms with van der Waals surface area (Å²) in [6, 6.07) is 5.92. The number of aliphatic imine (C=N–C) groups is 1. The Kier molecular flexibility index (Phi) is 3.45. The van der Waals surface area contributed by atoms with Gasteiger partial charge >= 0.3 is 0 Å². The van der Waals surface area contributed by atoms with Gasteiger partial charge in [-0.25, -0.2) is 0 Å². The van der Waals surface area contributed by atoms with Crippen LogP contribution in [0.5, 0.6) is 0 Å². The van der Waals surface area contributed by atoms with E-state index in [1.165, 1.54) is 0 Å². The molecule has 0 aliphatic heterocycles. The summed E-state index contributed by atoms with van der Waals surface area (Å²) in [6.45, 7) is 8.69. The zero-order chi connectivity index (χ0) is 11.5. The summed E-state index contributed by atoms with van der Waals surface area (Å²) in [5.41, 5.74) is 7.76. The fraction of sp³-hybridized carbons (Fsp3) is 0.500. The molecule has 1 rings (SSSR count). The molecule has 0 bridgehead atoms. The third-order valence-electron chi connectivity index (χ3n) is 2.13. The van der Waals surface area contributed by atoms with Gasteiger partial charge in [0, 0.05) is 11.1 Å². The SMILES string of the molecule is Cc1cccc(CN=C(N)C(C)(C)C)n1. The lowest BCUT2D eigenvalue weighted by Gasteiger charge is -2.17. The Labute approximate surface area is 91.4 Å². The summed E-state index contributed by atoms with van der Waals surface area (Å²) < 4.78 is 0. The Morgan fingerprint density at radius 2 is 2.07 bits per heavy atom. The first-order valence-corrected chi connectivity index (χ1v) is 5.12. The maximum absolute atomic E-state index is 5.86. The first kappa shape index (κ1) is 11.7. The molecule has 1 heterocycles. The van der Waals surface area contributed by atoms with Gasteiger partial charge < -0.3 is 5.73 Å². The van der Waals surface area contributed by atoms with E-state index >= 15 is 0 Å². The van der Waals surface area contributed by atoms with Crippen molar-refractivity contribution in [3.8, 4) is 0 Å². The van der Waals surface area contributed by atoms with E-state index in [4.69, 9.17) is 5.73 Å². The highest BCUT2D eigenvalue weighted by atomic mass is 14.9. The Bertz CT molecular complexity index is 361. The number of aromatic nitrogens is 1. The van der Waals surface area contributed by atoms with Gasteiger partial charge in [-0.2, -0.15) is 0 Å². The monoisotopic (exact) mass is 205 g/mol. The van der Waals surface area contributed by atoms with E-state index in [0.717, 1.165) is 11.4 Å². The van der Waals surface area contributed by atoms with Crippen molar-refractivity contribution in [3.05, 3.63) is 29.6 Å². The quantitative estimate of drug-likeness (QED) is 0.595. The van der Waals surface area contributed by atoms with Gasteiger partial charge in [-0.15, -0.1) is 0 Å². The van der Waals surface area contributed by atoms with E-state index in [9.17, 15) is 0 Å². The van der Waals surface area contributed by atoms with Gasteiger partial charge in [0.1, 0.15) is 0 Å². The maximum atomic E-state index is 5.86. The highest BCUT2D eigenvalue weighted by molar-refractivity contribution is 5.85. The molecule has 0 amide bonds. The molecular formula is C12H19N3. The minimum Gasteiger partial charge on any atom is -0.387 e. The van der Waals surface area contributed by atoms with E-state index < -0.39 is 0 Å². The molecule has 0 aromatic carbocycles. The maximum Gasteiger partial charge on any atom is 0.0996 e. The molecule has 3 heteroatoms. The molecule has 0 fully saturated rings. The summed E-state index contributed by atoms with van der Waals surface area (Å²) in [7, 11) is 0. The molecule has 0 aliphatic carbocycles. The zero-order valence-corrected chi connectivity index (χ0v) is 9.91. The van der Waals surface area contributed by atoms with E-state index in [1.807, 2.05) is 25.1 Å². The van der Waals surface area contributed by atoms with Crippen LogP contribution in [0.4, 0.5) is 0 Å². The predicted octanol–water partition coefficient (Wildman–Crippen LogP) is 2.29. The van der Waals surface area contributed by atoms with Crippen molar-refractivity contribution in [1.82, 2.24) is 4.98 Å². The molecule has 2 N–H and O–H groups in total. The summed E-state index contributed by atoms with van der Waals surface area (Å²) in [5.74, 6) is 0.672. The van der Waals surface area contributed by atoms with Crippen molar-refractivity contribution in [2.75, 3.05) is 0 Å². The average Bonchev–Trinajstić information content (AvgIpc) is 2.12. The average molecular weight is 205 g/mol. The smallest absolute Gasteiger partial charge is 0.0996 e.